The van der Waals surface area contributed by atoms with Crippen molar-refractivity contribution in [3.05, 3.63) is 64.0 Å². The monoisotopic (exact) mass is 846 g/mol. The number of likely N-dealkylation sites (tertiary alicyclic amines) is 1. The SMILES string of the molecule is C=N/C=C(\C=NC1CCN(S(=O)(=O)c2ccc(Br)c(CC(C)CN3CCC(c4ccc5c(N(CCC=O)C(=O)NC)nn(C)c5c4)CC3)c2)CC1)OC(F)F. The van der Waals surface area contributed by atoms with Gasteiger partial charge in [0.25, 0.3) is 0 Å². The standard InChI is InChI=1S/C38H49BrF2N8O5S/c1-26(20-29-21-32(7-9-34(29)39)55(52,53)48-17-12-30(13-18-48)44-24-31(23-42-2)54-37(40)41)25-47-15-10-27(11-16-47)28-6-8-33-35(22-28)46(4)45-36(33)49(14-5-19-50)38(51)43-3/h6-9,19,21-24,26-27,30,37H,2,5,10-18,20,25H2,1,3-4H3,(H,43,51)/b31-23+,44-24?. The van der Waals surface area contributed by atoms with Crippen molar-refractivity contribution in [2.45, 2.75) is 68.9 Å². The van der Waals surface area contributed by atoms with E-state index >= 15 is 0 Å². The predicted molar refractivity (Wildman–Crippen MR) is 214 cm³/mol. The summed E-state index contributed by atoms with van der Waals surface area (Å²) in [6.07, 6.45) is 6.83. The number of carbonyl (C=O) groups is 2. The topological polar surface area (TPSA) is 142 Å². The molecule has 3 aromatic rings. The smallest absolute Gasteiger partial charge is 0.387 e. The summed E-state index contributed by atoms with van der Waals surface area (Å²) in [5.41, 5.74) is 3.10. The summed E-state index contributed by atoms with van der Waals surface area (Å²) in [5.74, 6) is 0.979. The van der Waals surface area contributed by atoms with E-state index in [4.69, 9.17) is 0 Å². The first-order chi connectivity index (χ1) is 26.3. The maximum absolute atomic E-state index is 13.7. The van der Waals surface area contributed by atoms with E-state index < -0.39 is 16.6 Å². The Morgan fingerprint density at radius 1 is 1.15 bits per heavy atom. The zero-order valence-electron chi connectivity index (χ0n) is 31.4. The number of nitrogens with zero attached hydrogens (tertiary/aromatic N) is 7. The highest BCUT2D eigenvalue weighted by Crippen LogP contribution is 2.34. The van der Waals surface area contributed by atoms with Gasteiger partial charge in [-0.3, -0.25) is 19.6 Å². The Hall–Kier alpha value is -4.06. The number of fused-ring (bicyclic) bond motifs is 1. The summed E-state index contributed by atoms with van der Waals surface area (Å²) in [5, 5.41) is 8.14. The molecule has 1 atom stereocenters. The van der Waals surface area contributed by atoms with Gasteiger partial charge in [0.1, 0.15) is 6.29 Å². The second-order valence-electron chi connectivity index (χ2n) is 14.0. The lowest BCUT2D eigenvalue weighted by Gasteiger charge is -2.34. The molecule has 13 nitrogen and oxygen atoms in total. The molecule has 2 saturated heterocycles. The zero-order valence-corrected chi connectivity index (χ0v) is 33.8. The van der Waals surface area contributed by atoms with Crippen LogP contribution in [0.15, 0.2) is 67.7 Å². The molecule has 298 valence electrons. The first kappa shape index (κ1) is 42.1. The van der Waals surface area contributed by atoms with Crippen molar-refractivity contribution >= 4 is 67.9 Å². The lowest BCUT2D eigenvalue weighted by Crippen LogP contribution is -2.39. The van der Waals surface area contributed by atoms with Crippen molar-refractivity contribution in [2.75, 3.05) is 51.2 Å². The quantitative estimate of drug-likeness (QED) is 0.104. The molecular formula is C38H49BrF2N8O5S. The van der Waals surface area contributed by atoms with E-state index in [1.54, 1.807) is 29.9 Å². The number of aldehydes is 1. The third kappa shape index (κ3) is 10.6. The highest BCUT2D eigenvalue weighted by Gasteiger charge is 2.30. The number of aromatic nitrogens is 2. The van der Waals surface area contributed by atoms with Gasteiger partial charge in [0.05, 0.1) is 28.9 Å². The highest BCUT2D eigenvalue weighted by atomic mass is 79.9. The first-order valence-corrected chi connectivity index (χ1v) is 20.6. The molecule has 0 saturated carbocycles. The fraction of sp³-hybridized carbons (Fsp3) is 0.500. The van der Waals surface area contributed by atoms with E-state index in [0.29, 0.717) is 31.0 Å². The van der Waals surface area contributed by atoms with Crippen LogP contribution in [0.25, 0.3) is 10.9 Å². The molecular weight excluding hydrogens is 798 g/mol. The number of hydrogen-bond acceptors (Lipinski definition) is 9. The summed E-state index contributed by atoms with van der Waals surface area (Å²) < 4.78 is 61.1. The summed E-state index contributed by atoms with van der Waals surface area (Å²) in [7, 11) is -0.329. The van der Waals surface area contributed by atoms with Crippen LogP contribution in [0.1, 0.15) is 56.1 Å². The van der Waals surface area contributed by atoms with Gasteiger partial charge in [0.15, 0.2) is 11.6 Å². The van der Waals surface area contributed by atoms with Gasteiger partial charge in [-0.2, -0.15) is 18.2 Å². The number of ether oxygens (including phenoxy) is 1. The van der Waals surface area contributed by atoms with E-state index in [0.717, 1.165) is 65.9 Å². The van der Waals surface area contributed by atoms with Crippen LogP contribution in [0.3, 0.4) is 0 Å². The molecule has 5 rings (SSSR count). The van der Waals surface area contributed by atoms with Crippen molar-refractivity contribution in [3.8, 4) is 0 Å². The number of aryl methyl sites for hydroxylation is 1. The summed E-state index contributed by atoms with van der Waals surface area (Å²) in [4.78, 5) is 35.6. The molecule has 2 aliphatic rings. The molecule has 0 spiro atoms. The molecule has 55 heavy (non-hydrogen) atoms. The fourth-order valence-electron chi connectivity index (χ4n) is 7.37. The average molecular weight is 848 g/mol. The van der Waals surface area contributed by atoms with Crippen LogP contribution in [0.4, 0.5) is 19.4 Å². The number of nitrogens with one attached hydrogen (secondary N) is 1. The number of piperidine rings is 2. The van der Waals surface area contributed by atoms with Crippen molar-refractivity contribution in [2.24, 2.45) is 23.0 Å². The Labute approximate surface area is 329 Å². The molecule has 2 aromatic carbocycles. The van der Waals surface area contributed by atoms with Gasteiger partial charge in [0, 0.05) is 56.6 Å². The molecule has 0 bridgehead atoms. The molecule has 0 aliphatic carbocycles. The minimum Gasteiger partial charge on any atom is -0.432 e. The highest BCUT2D eigenvalue weighted by molar-refractivity contribution is 9.10. The lowest BCUT2D eigenvalue weighted by atomic mass is 9.88. The van der Waals surface area contributed by atoms with Gasteiger partial charge >= 0.3 is 12.6 Å². The van der Waals surface area contributed by atoms with Crippen LogP contribution in [0, 0.1) is 5.92 Å². The van der Waals surface area contributed by atoms with E-state index in [9.17, 15) is 26.8 Å². The number of benzene rings is 2. The fourth-order valence-corrected chi connectivity index (χ4v) is 9.30. The summed E-state index contributed by atoms with van der Waals surface area (Å²) in [6.45, 7) is 5.94. The zero-order chi connectivity index (χ0) is 39.7. The van der Waals surface area contributed by atoms with E-state index in [1.165, 1.54) is 21.0 Å². The number of anilines is 1. The Morgan fingerprint density at radius 3 is 2.53 bits per heavy atom. The van der Waals surface area contributed by atoms with E-state index in [-0.39, 0.29) is 54.7 Å². The Kier molecular flexibility index (Phi) is 14.7. The van der Waals surface area contributed by atoms with Crippen molar-refractivity contribution in [1.82, 2.24) is 24.3 Å². The molecule has 1 aromatic heterocycles. The third-order valence-electron chi connectivity index (χ3n) is 10.2. The molecule has 0 radical (unpaired) electrons. The summed E-state index contributed by atoms with van der Waals surface area (Å²) in [6, 6.07) is 10.9. The van der Waals surface area contributed by atoms with Crippen LogP contribution in [-0.2, 0) is 33.0 Å². The van der Waals surface area contributed by atoms with Crippen molar-refractivity contribution in [3.63, 3.8) is 0 Å². The molecule has 1 unspecified atom stereocenters. The molecule has 2 aliphatic heterocycles. The number of alkyl halides is 2. The minimum atomic E-state index is -3.75. The third-order valence-corrected chi connectivity index (χ3v) is 12.8. The van der Waals surface area contributed by atoms with Crippen LogP contribution in [0.2, 0.25) is 0 Å². The summed E-state index contributed by atoms with van der Waals surface area (Å²) >= 11 is 3.64. The number of carbonyl (C=O) groups excluding carboxylic acids is 2. The van der Waals surface area contributed by atoms with Gasteiger partial charge in [0.2, 0.25) is 10.0 Å². The number of amides is 2. The largest absolute Gasteiger partial charge is 0.432 e. The van der Waals surface area contributed by atoms with Gasteiger partial charge in [-0.1, -0.05) is 28.9 Å². The second kappa shape index (κ2) is 19.2. The number of allylic oxidation sites excluding steroid dienone is 1. The number of hydrogen-bond donors (Lipinski definition) is 1. The maximum atomic E-state index is 13.7. The average Bonchev–Trinajstić information content (AvgIpc) is 3.49. The lowest BCUT2D eigenvalue weighted by molar-refractivity contribution is -0.107. The Bertz CT molecular complexity index is 1990. The van der Waals surface area contributed by atoms with Gasteiger partial charge in [-0.25, -0.2) is 13.2 Å². The van der Waals surface area contributed by atoms with Gasteiger partial charge in [-0.15, -0.1) is 0 Å². The van der Waals surface area contributed by atoms with E-state index in [1.807, 2.05) is 13.1 Å². The molecule has 17 heteroatoms. The van der Waals surface area contributed by atoms with Crippen LogP contribution in [0.5, 0.6) is 0 Å². The number of halogens is 3. The Morgan fingerprint density at radius 2 is 1.87 bits per heavy atom. The molecule has 1 N–H and O–H groups in total. The van der Waals surface area contributed by atoms with Crippen molar-refractivity contribution in [1.29, 1.82) is 0 Å². The van der Waals surface area contributed by atoms with Crippen molar-refractivity contribution < 1.29 is 31.5 Å². The predicted octanol–water partition coefficient (Wildman–Crippen LogP) is 6.13. The molecule has 2 fully saturated rings. The number of sulfonamides is 1. The maximum Gasteiger partial charge on any atom is 0.387 e. The number of urea groups is 1. The van der Waals surface area contributed by atoms with Gasteiger partial charge < -0.3 is 19.7 Å². The van der Waals surface area contributed by atoms with Gasteiger partial charge in [-0.05, 0) is 105 Å². The van der Waals surface area contributed by atoms with E-state index in [2.05, 4.69) is 71.7 Å². The normalized spacial score (nSPS) is 17.5. The van der Waals surface area contributed by atoms with Crippen LogP contribution < -0.4 is 10.2 Å². The second-order valence-corrected chi connectivity index (χ2v) is 16.8. The Balaban J connectivity index is 1.15. The first-order valence-electron chi connectivity index (χ1n) is 18.4. The number of rotatable bonds is 16. The molecule has 2 amide bonds. The minimum absolute atomic E-state index is 0.211. The number of aliphatic imine (C=N–C) groups is 2. The van der Waals surface area contributed by atoms with Crippen LogP contribution in [-0.4, -0.2) is 112 Å². The molecule has 3 heterocycles. The van der Waals surface area contributed by atoms with Crippen LogP contribution >= 0.6 is 15.9 Å².